The SMILES string of the molecule is Cc1ccnc(C(=O)[C@]23Cc4cnn(-c5ccc(F)cc5)c4C=C2CC[C@H](CS(=O)(=O)c2ccn(C)n2)C3)c1. The Morgan fingerprint density at radius 1 is 1.18 bits per heavy atom. The third-order valence-corrected chi connectivity index (χ3v) is 9.65. The summed E-state index contributed by atoms with van der Waals surface area (Å²) in [5, 5.41) is 8.74. The maximum absolute atomic E-state index is 14.3. The van der Waals surface area contributed by atoms with Gasteiger partial charge in [-0.05, 0) is 98.2 Å². The topological polar surface area (TPSA) is 99.7 Å². The molecule has 0 bridgehead atoms. The first-order chi connectivity index (χ1) is 18.6. The zero-order valence-electron chi connectivity index (χ0n) is 21.7. The molecule has 0 saturated heterocycles. The molecule has 1 aromatic carbocycles. The van der Waals surface area contributed by atoms with E-state index >= 15 is 0 Å². The Kier molecular flexibility index (Phi) is 6.10. The molecule has 0 spiro atoms. The standard InChI is InChI=1S/C29H28FN5O3S/c1-19-9-11-31-25(13-19)28(36)29-15-20(18-39(37,38)27-10-12-34(2)33-27)3-4-22(29)14-26-21(16-29)17-32-35(26)24-7-5-23(30)6-8-24/h5-14,17,20H,3-4,15-16,18H2,1-2H3/t20-,29+/m0/s1. The zero-order valence-corrected chi connectivity index (χ0v) is 22.5. The smallest absolute Gasteiger partial charge is 0.197 e. The number of carbonyl (C=O) groups excluding carboxylic acids is 1. The molecule has 0 amide bonds. The number of allylic oxidation sites excluding steroid dienone is 1. The molecule has 3 heterocycles. The first kappa shape index (κ1) is 25.4. The van der Waals surface area contributed by atoms with Crippen molar-refractivity contribution in [3.8, 4) is 5.69 Å². The summed E-state index contributed by atoms with van der Waals surface area (Å²) in [5.74, 6) is -0.725. The largest absolute Gasteiger partial charge is 0.291 e. The Bertz CT molecular complexity index is 1720. The van der Waals surface area contributed by atoms with E-state index in [9.17, 15) is 17.6 Å². The lowest BCUT2D eigenvalue weighted by atomic mass is 9.59. The summed E-state index contributed by atoms with van der Waals surface area (Å²) in [7, 11) is -1.94. The van der Waals surface area contributed by atoms with Crippen LogP contribution in [-0.4, -0.2) is 44.5 Å². The molecule has 3 aromatic heterocycles. The minimum atomic E-state index is -3.62. The van der Waals surface area contributed by atoms with Gasteiger partial charge in [0.2, 0.25) is 0 Å². The van der Waals surface area contributed by atoms with E-state index in [1.807, 2.05) is 19.1 Å². The summed E-state index contributed by atoms with van der Waals surface area (Å²) in [6.45, 7) is 1.92. The number of nitrogens with zero attached hydrogens (tertiary/aromatic N) is 5. The third kappa shape index (κ3) is 4.52. The van der Waals surface area contributed by atoms with Gasteiger partial charge in [0.1, 0.15) is 11.5 Å². The molecule has 0 unspecified atom stereocenters. The van der Waals surface area contributed by atoms with Gasteiger partial charge in [0.05, 0.1) is 28.7 Å². The van der Waals surface area contributed by atoms with Crippen LogP contribution in [0.25, 0.3) is 11.8 Å². The molecule has 4 aromatic rings. The molecule has 200 valence electrons. The number of Topliss-reactive ketones (excluding diaryl/α,β-unsaturated/α-hetero) is 1. The van der Waals surface area contributed by atoms with Crippen LogP contribution in [0, 0.1) is 24.1 Å². The normalized spacial score (nSPS) is 20.7. The lowest BCUT2D eigenvalue weighted by molar-refractivity contribution is 0.0763. The van der Waals surface area contributed by atoms with E-state index in [0.717, 1.165) is 28.1 Å². The first-order valence-electron chi connectivity index (χ1n) is 12.9. The van der Waals surface area contributed by atoms with Crippen LogP contribution in [0.15, 0.2) is 71.7 Å². The molecule has 10 heteroatoms. The van der Waals surface area contributed by atoms with Crippen molar-refractivity contribution < 1.29 is 17.6 Å². The summed E-state index contributed by atoms with van der Waals surface area (Å²) in [5.41, 5.74) is 3.81. The van der Waals surface area contributed by atoms with Crippen molar-refractivity contribution in [3.05, 3.63) is 95.0 Å². The minimum absolute atomic E-state index is 0.0542. The number of aromatic nitrogens is 5. The molecule has 0 aliphatic heterocycles. The van der Waals surface area contributed by atoms with Crippen LogP contribution in [0.3, 0.4) is 0 Å². The van der Waals surface area contributed by atoms with Gasteiger partial charge in [-0.15, -0.1) is 0 Å². The second kappa shape index (κ2) is 9.37. The van der Waals surface area contributed by atoms with Crippen molar-refractivity contribution in [2.75, 3.05) is 5.75 Å². The van der Waals surface area contributed by atoms with Crippen molar-refractivity contribution in [1.82, 2.24) is 24.5 Å². The number of carbonyl (C=O) groups is 1. The van der Waals surface area contributed by atoms with Gasteiger partial charge in [-0.25, -0.2) is 17.5 Å². The number of aryl methyl sites for hydroxylation is 2. The predicted octanol–water partition coefficient (Wildman–Crippen LogP) is 4.53. The van der Waals surface area contributed by atoms with Gasteiger partial charge in [0.25, 0.3) is 0 Å². The maximum Gasteiger partial charge on any atom is 0.197 e. The molecular weight excluding hydrogens is 517 g/mol. The molecule has 0 N–H and O–H groups in total. The fourth-order valence-corrected chi connectivity index (χ4v) is 7.60. The van der Waals surface area contributed by atoms with Crippen LogP contribution in [0.2, 0.25) is 0 Å². The molecule has 6 rings (SSSR count). The molecule has 0 radical (unpaired) electrons. The molecule has 1 saturated carbocycles. The lowest BCUT2D eigenvalue weighted by Crippen LogP contribution is -2.43. The Morgan fingerprint density at radius 2 is 1.97 bits per heavy atom. The first-order valence-corrected chi connectivity index (χ1v) is 14.5. The Labute approximate surface area is 226 Å². The van der Waals surface area contributed by atoms with Crippen LogP contribution in [0.5, 0.6) is 0 Å². The Hall–Kier alpha value is -3.92. The summed E-state index contributed by atoms with van der Waals surface area (Å²) in [4.78, 5) is 18.7. The number of sulfone groups is 1. The van der Waals surface area contributed by atoms with Gasteiger partial charge in [-0.3, -0.25) is 14.5 Å². The quantitative estimate of drug-likeness (QED) is 0.330. The number of halogens is 1. The highest BCUT2D eigenvalue weighted by Crippen LogP contribution is 2.52. The summed E-state index contributed by atoms with van der Waals surface area (Å²) >= 11 is 0. The number of pyridine rings is 1. The van der Waals surface area contributed by atoms with Gasteiger partial charge in [0, 0.05) is 19.4 Å². The van der Waals surface area contributed by atoms with E-state index < -0.39 is 15.3 Å². The predicted molar refractivity (Wildman–Crippen MR) is 144 cm³/mol. The van der Waals surface area contributed by atoms with Crippen molar-refractivity contribution >= 4 is 21.7 Å². The van der Waals surface area contributed by atoms with Crippen molar-refractivity contribution in [2.45, 2.75) is 37.6 Å². The van der Waals surface area contributed by atoms with Crippen molar-refractivity contribution in [2.24, 2.45) is 18.4 Å². The molecule has 1 fully saturated rings. The van der Waals surface area contributed by atoms with E-state index in [4.69, 9.17) is 0 Å². The second-order valence-electron chi connectivity index (χ2n) is 10.6. The number of benzene rings is 1. The lowest BCUT2D eigenvalue weighted by Gasteiger charge is -2.43. The highest BCUT2D eigenvalue weighted by Gasteiger charge is 2.50. The summed E-state index contributed by atoms with van der Waals surface area (Å²) < 4.78 is 43.2. The van der Waals surface area contributed by atoms with Crippen molar-refractivity contribution in [1.29, 1.82) is 0 Å². The van der Waals surface area contributed by atoms with Gasteiger partial charge >= 0.3 is 0 Å². The van der Waals surface area contributed by atoms with Crippen molar-refractivity contribution in [3.63, 3.8) is 0 Å². The maximum atomic E-state index is 14.3. The van der Waals surface area contributed by atoms with Gasteiger partial charge in [-0.1, -0.05) is 5.57 Å². The van der Waals surface area contributed by atoms with E-state index in [0.29, 0.717) is 31.4 Å². The Balaban J connectivity index is 1.40. The van der Waals surface area contributed by atoms with Crippen LogP contribution < -0.4 is 0 Å². The fraction of sp³-hybridized carbons (Fsp3) is 0.310. The number of ketones is 1. The minimum Gasteiger partial charge on any atom is -0.291 e. The third-order valence-electron chi connectivity index (χ3n) is 7.88. The zero-order chi connectivity index (χ0) is 27.4. The highest BCUT2D eigenvalue weighted by atomic mass is 32.2. The number of hydrogen-bond donors (Lipinski definition) is 0. The van der Waals surface area contributed by atoms with E-state index in [1.54, 1.807) is 48.5 Å². The van der Waals surface area contributed by atoms with E-state index in [2.05, 4.69) is 15.2 Å². The second-order valence-corrected chi connectivity index (χ2v) is 12.6. The molecular formula is C29H28FN5O3S. The van der Waals surface area contributed by atoms with Crippen LogP contribution >= 0.6 is 0 Å². The van der Waals surface area contributed by atoms with Gasteiger partial charge in [-0.2, -0.15) is 10.2 Å². The van der Waals surface area contributed by atoms with E-state index in [1.165, 1.54) is 22.9 Å². The molecule has 2 aliphatic rings. The van der Waals surface area contributed by atoms with Gasteiger partial charge in [0.15, 0.2) is 20.6 Å². The average Bonchev–Trinajstić information content (AvgIpc) is 3.53. The molecule has 2 aliphatic carbocycles. The molecule has 8 nitrogen and oxygen atoms in total. The average molecular weight is 546 g/mol. The van der Waals surface area contributed by atoms with Crippen LogP contribution in [0.1, 0.15) is 46.6 Å². The van der Waals surface area contributed by atoms with Crippen LogP contribution in [0.4, 0.5) is 4.39 Å². The van der Waals surface area contributed by atoms with E-state index in [-0.39, 0.29) is 28.3 Å². The van der Waals surface area contributed by atoms with Gasteiger partial charge < -0.3 is 0 Å². The number of rotatable bonds is 6. The fourth-order valence-electron chi connectivity index (χ4n) is 6.00. The summed E-state index contributed by atoms with van der Waals surface area (Å²) in [6.07, 6.45) is 9.01. The Morgan fingerprint density at radius 3 is 2.69 bits per heavy atom. The van der Waals surface area contributed by atoms with Crippen LogP contribution in [-0.2, 0) is 23.3 Å². The summed E-state index contributed by atoms with van der Waals surface area (Å²) in [6, 6.07) is 11.3. The molecule has 39 heavy (non-hydrogen) atoms. The monoisotopic (exact) mass is 545 g/mol. The number of fused-ring (bicyclic) bond motifs is 2. The number of hydrogen-bond acceptors (Lipinski definition) is 6. The highest BCUT2D eigenvalue weighted by molar-refractivity contribution is 7.91. The molecule has 2 atom stereocenters.